The molecular formula is C15H27N5O. The molecule has 1 heterocycles. The van der Waals surface area contributed by atoms with Gasteiger partial charge in [0.15, 0.2) is 0 Å². The van der Waals surface area contributed by atoms with Crippen LogP contribution < -0.4 is 11.1 Å². The molecule has 1 rings (SSSR count). The minimum atomic E-state index is -0.317. The van der Waals surface area contributed by atoms with Crippen molar-refractivity contribution in [2.45, 2.75) is 46.6 Å². The zero-order valence-electron chi connectivity index (χ0n) is 13.4. The van der Waals surface area contributed by atoms with Crippen LogP contribution in [0.15, 0.2) is 6.07 Å². The first-order valence-corrected chi connectivity index (χ1v) is 7.64. The Balaban J connectivity index is 2.76. The summed E-state index contributed by atoms with van der Waals surface area (Å²) < 4.78 is 0. The highest BCUT2D eigenvalue weighted by Crippen LogP contribution is 2.09. The van der Waals surface area contributed by atoms with Crippen molar-refractivity contribution in [3.05, 3.63) is 17.6 Å². The molecule has 0 aliphatic heterocycles. The third kappa shape index (κ3) is 7.04. The Morgan fingerprint density at radius 1 is 1.33 bits per heavy atom. The van der Waals surface area contributed by atoms with Gasteiger partial charge in [-0.2, -0.15) is 0 Å². The lowest BCUT2D eigenvalue weighted by Gasteiger charge is -2.20. The molecule has 0 aliphatic rings. The topological polar surface area (TPSA) is 84.1 Å². The fourth-order valence-corrected chi connectivity index (χ4v) is 2.06. The number of nitrogens with zero attached hydrogens (tertiary/aromatic N) is 3. The minimum Gasteiger partial charge on any atom is -0.370 e. The molecule has 1 aromatic rings. The third-order valence-electron chi connectivity index (χ3n) is 3.03. The molecule has 3 N–H and O–H groups in total. The molecule has 0 spiro atoms. The van der Waals surface area contributed by atoms with Crippen LogP contribution in [-0.4, -0.2) is 40.4 Å². The Bertz CT molecular complexity index is 450. The summed E-state index contributed by atoms with van der Waals surface area (Å²) in [5.41, 5.74) is 6.23. The monoisotopic (exact) mass is 293 g/mol. The van der Waals surface area contributed by atoms with Gasteiger partial charge in [-0.25, -0.2) is 9.97 Å². The molecule has 6 nitrogen and oxygen atoms in total. The number of unbranched alkanes of at least 4 members (excludes halogenated alkanes) is 1. The largest absolute Gasteiger partial charge is 0.370 e. The first-order valence-electron chi connectivity index (χ1n) is 7.64. The van der Waals surface area contributed by atoms with Crippen molar-refractivity contribution in [3.63, 3.8) is 0 Å². The van der Waals surface area contributed by atoms with Gasteiger partial charge in [-0.3, -0.25) is 9.69 Å². The van der Waals surface area contributed by atoms with Crippen molar-refractivity contribution in [1.82, 2.24) is 14.9 Å². The normalized spacial score (nSPS) is 10.9. The number of amides is 1. The van der Waals surface area contributed by atoms with Gasteiger partial charge in [0, 0.05) is 18.3 Å². The maximum absolute atomic E-state index is 11.2. The number of carbonyl (C=O) groups excluding carboxylic acids is 1. The third-order valence-corrected chi connectivity index (χ3v) is 3.03. The molecule has 0 bridgehead atoms. The van der Waals surface area contributed by atoms with E-state index >= 15 is 0 Å². The van der Waals surface area contributed by atoms with Crippen LogP contribution in [0.4, 0.5) is 5.82 Å². The lowest BCUT2D eigenvalue weighted by atomic mass is 10.3. The molecule has 0 radical (unpaired) electrons. The molecule has 0 saturated heterocycles. The van der Waals surface area contributed by atoms with Crippen molar-refractivity contribution in [2.24, 2.45) is 5.73 Å². The number of rotatable bonds is 10. The van der Waals surface area contributed by atoms with Gasteiger partial charge in [-0.05, 0) is 26.3 Å². The van der Waals surface area contributed by atoms with Crippen molar-refractivity contribution < 1.29 is 4.79 Å². The summed E-state index contributed by atoms with van der Waals surface area (Å²) in [6.45, 7) is 8.69. The predicted molar refractivity (Wildman–Crippen MR) is 84.9 cm³/mol. The summed E-state index contributed by atoms with van der Waals surface area (Å²) in [7, 11) is 0. The zero-order valence-corrected chi connectivity index (χ0v) is 13.4. The van der Waals surface area contributed by atoms with Crippen LogP contribution in [0.5, 0.6) is 0 Å². The number of aryl methyl sites for hydroxylation is 1. The predicted octanol–water partition coefficient (Wildman–Crippen LogP) is 1.69. The van der Waals surface area contributed by atoms with Crippen LogP contribution in [0.25, 0.3) is 0 Å². The molecule has 1 aromatic heterocycles. The number of hydrogen-bond donors (Lipinski definition) is 2. The van der Waals surface area contributed by atoms with E-state index in [1.165, 1.54) is 0 Å². The number of nitrogens with one attached hydrogen (secondary N) is 1. The molecule has 0 aliphatic carbocycles. The van der Waals surface area contributed by atoms with E-state index in [1.54, 1.807) is 0 Å². The summed E-state index contributed by atoms with van der Waals surface area (Å²) in [6, 6.07) is 1.93. The molecule has 0 atom stereocenters. The molecule has 6 heteroatoms. The van der Waals surface area contributed by atoms with Gasteiger partial charge in [0.05, 0.1) is 13.1 Å². The summed E-state index contributed by atoms with van der Waals surface area (Å²) >= 11 is 0. The van der Waals surface area contributed by atoms with Crippen LogP contribution in [-0.2, 0) is 11.3 Å². The molecule has 1 amide bonds. The van der Waals surface area contributed by atoms with E-state index in [9.17, 15) is 4.79 Å². The van der Waals surface area contributed by atoms with Crippen molar-refractivity contribution in [2.75, 3.05) is 25.0 Å². The first-order chi connectivity index (χ1) is 10.0. The Hall–Kier alpha value is -1.69. The van der Waals surface area contributed by atoms with Gasteiger partial charge in [0.1, 0.15) is 11.6 Å². The highest BCUT2D eigenvalue weighted by atomic mass is 16.1. The molecule has 118 valence electrons. The zero-order chi connectivity index (χ0) is 15.7. The maximum atomic E-state index is 11.2. The second kappa shape index (κ2) is 9.28. The van der Waals surface area contributed by atoms with Crippen LogP contribution in [0.1, 0.15) is 44.6 Å². The quantitative estimate of drug-likeness (QED) is 0.686. The number of primary amides is 1. The fraction of sp³-hybridized carbons (Fsp3) is 0.667. The first kappa shape index (κ1) is 17.4. The van der Waals surface area contributed by atoms with E-state index in [2.05, 4.69) is 29.1 Å². The molecule has 0 unspecified atom stereocenters. The molecule has 21 heavy (non-hydrogen) atoms. The lowest BCUT2D eigenvalue weighted by Crippen LogP contribution is -2.34. The standard InChI is InChI=1S/C15H27N5O/c1-4-6-8-20(10-13(16)21)11-15-18-12(3)9-14(19-15)17-7-5-2/h9H,4-8,10-11H2,1-3H3,(H2,16,21)(H,17,18,19). The van der Waals surface area contributed by atoms with Crippen molar-refractivity contribution in [1.29, 1.82) is 0 Å². The van der Waals surface area contributed by atoms with E-state index in [0.29, 0.717) is 6.54 Å². The number of anilines is 1. The highest BCUT2D eigenvalue weighted by Gasteiger charge is 2.11. The number of carbonyl (C=O) groups is 1. The molecular weight excluding hydrogens is 266 g/mol. The highest BCUT2D eigenvalue weighted by molar-refractivity contribution is 5.75. The lowest BCUT2D eigenvalue weighted by molar-refractivity contribution is -0.119. The average molecular weight is 293 g/mol. The summed E-state index contributed by atoms with van der Waals surface area (Å²) in [5.74, 6) is 1.25. The van der Waals surface area contributed by atoms with Gasteiger partial charge in [0.2, 0.25) is 5.91 Å². The van der Waals surface area contributed by atoms with Gasteiger partial charge >= 0.3 is 0 Å². The average Bonchev–Trinajstić information content (AvgIpc) is 2.41. The van der Waals surface area contributed by atoms with E-state index in [1.807, 2.05) is 17.9 Å². The Morgan fingerprint density at radius 2 is 2.10 bits per heavy atom. The van der Waals surface area contributed by atoms with Crippen LogP contribution in [0.2, 0.25) is 0 Å². The summed E-state index contributed by atoms with van der Waals surface area (Å²) in [5, 5.41) is 3.27. The van der Waals surface area contributed by atoms with Gasteiger partial charge in [0.25, 0.3) is 0 Å². The Morgan fingerprint density at radius 3 is 2.71 bits per heavy atom. The van der Waals surface area contributed by atoms with E-state index in [-0.39, 0.29) is 12.5 Å². The van der Waals surface area contributed by atoms with Gasteiger partial charge < -0.3 is 11.1 Å². The number of aromatic nitrogens is 2. The van der Waals surface area contributed by atoms with E-state index in [4.69, 9.17) is 5.73 Å². The van der Waals surface area contributed by atoms with Crippen molar-refractivity contribution >= 4 is 11.7 Å². The van der Waals surface area contributed by atoms with Crippen LogP contribution in [0.3, 0.4) is 0 Å². The molecule has 0 fully saturated rings. The Kier molecular flexibility index (Phi) is 7.68. The van der Waals surface area contributed by atoms with E-state index in [0.717, 1.165) is 49.7 Å². The van der Waals surface area contributed by atoms with Gasteiger partial charge in [-0.1, -0.05) is 20.3 Å². The Labute approximate surface area is 127 Å². The van der Waals surface area contributed by atoms with Gasteiger partial charge in [-0.15, -0.1) is 0 Å². The van der Waals surface area contributed by atoms with Crippen LogP contribution in [0, 0.1) is 6.92 Å². The number of hydrogen-bond acceptors (Lipinski definition) is 5. The van der Waals surface area contributed by atoms with Crippen LogP contribution >= 0.6 is 0 Å². The number of nitrogens with two attached hydrogens (primary N) is 1. The second-order valence-electron chi connectivity index (χ2n) is 5.27. The van der Waals surface area contributed by atoms with Crippen molar-refractivity contribution in [3.8, 4) is 0 Å². The SMILES string of the molecule is CCCCN(CC(N)=O)Cc1nc(C)cc(NCCC)n1. The minimum absolute atomic E-state index is 0.245. The summed E-state index contributed by atoms with van der Waals surface area (Å²) in [6.07, 6.45) is 3.15. The smallest absolute Gasteiger partial charge is 0.231 e. The maximum Gasteiger partial charge on any atom is 0.231 e. The van der Waals surface area contributed by atoms with E-state index < -0.39 is 0 Å². The molecule has 0 aromatic carbocycles. The summed E-state index contributed by atoms with van der Waals surface area (Å²) in [4.78, 5) is 22.1. The second-order valence-corrected chi connectivity index (χ2v) is 5.27. The molecule has 0 saturated carbocycles. The fourth-order valence-electron chi connectivity index (χ4n) is 2.06.